The molecule has 1 fully saturated rings. The Morgan fingerprint density at radius 3 is 2.23 bits per heavy atom. The molecule has 214 valence electrons. The molecule has 0 unspecified atom stereocenters. The van der Waals surface area contributed by atoms with Gasteiger partial charge in [0.25, 0.3) is 5.91 Å². The summed E-state index contributed by atoms with van der Waals surface area (Å²) in [6.07, 6.45) is 0.732. The number of aromatic nitrogens is 1. The molecule has 40 heavy (non-hydrogen) atoms. The highest BCUT2D eigenvalue weighted by atomic mass is 32.1. The fraction of sp³-hybridized carbons (Fsp3) is 0.429. The van der Waals surface area contributed by atoms with Crippen molar-refractivity contribution in [1.82, 2.24) is 9.88 Å². The van der Waals surface area contributed by atoms with Crippen molar-refractivity contribution in [3.8, 4) is 10.4 Å². The second kappa shape index (κ2) is 11.8. The Hall–Kier alpha value is -3.64. The molecule has 2 aromatic heterocycles. The third-order valence-electron chi connectivity index (χ3n) is 5.64. The lowest BCUT2D eigenvalue weighted by molar-refractivity contribution is 0.0240. The lowest BCUT2D eigenvalue weighted by Crippen LogP contribution is -2.49. The summed E-state index contributed by atoms with van der Waals surface area (Å²) in [7, 11) is 0. The molecule has 3 amide bonds. The molecule has 1 aliphatic heterocycles. The van der Waals surface area contributed by atoms with E-state index in [4.69, 9.17) is 9.47 Å². The highest BCUT2D eigenvalue weighted by molar-refractivity contribution is 7.17. The molecule has 0 bridgehead atoms. The molecule has 1 saturated heterocycles. The van der Waals surface area contributed by atoms with Crippen LogP contribution in [0.15, 0.2) is 41.9 Å². The molecule has 4 rings (SSSR count). The minimum atomic E-state index is -0.667. The van der Waals surface area contributed by atoms with Gasteiger partial charge in [-0.25, -0.2) is 14.6 Å². The van der Waals surface area contributed by atoms with Crippen molar-refractivity contribution < 1.29 is 23.9 Å². The molecule has 0 atom stereocenters. The van der Waals surface area contributed by atoms with Crippen molar-refractivity contribution in [3.05, 3.63) is 46.9 Å². The van der Waals surface area contributed by atoms with Crippen LogP contribution in [-0.4, -0.2) is 65.4 Å². The lowest BCUT2D eigenvalue weighted by Gasteiger charge is -2.35. The molecule has 0 radical (unpaired) electrons. The first-order valence-corrected chi connectivity index (χ1v) is 14.6. The summed E-state index contributed by atoms with van der Waals surface area (Å²) < 4.78 is 10.9. The van der Waals surface area contributed by atoms with E-state index in [1.165, 1.54) is 11.3 Å². The third kappa shape index (κ3) is 7.95. The van der Waals surface area contributed by atoms with Gasteiger partial charge in [0.15, 0.2) is 5.01 Å². The number of piperazine rings is 1. The number of hydrogen-bond donors (Lipinski definition) is 2. The topological polar surface area (TPSA) is 113 Å². The first-order chi connectivity index (χ1) is 18.8. The molecule has 3 heterocycles. The Morgan fingerprint density at radius 2 is 1.60 bits per heavy atom. The van der Waals surface area contributed by atoms with Crippen LogP contribution in [-0.2, 0) is 9.47 Å². The number of nitrogens with zero attached hydrogens (tertiary/aromatic N) is 3. The maximum absolute atomic E-state index is 13.3. The fourth-order valence-electron chi connectivity index (χ4n) is 3.89. The Balaban J connectivity index is 1.45. The zero-order valence-corrected chi connectivity index (χ0v) is 25.2. The molecule has 0 aliphatic carbocycles. The second-order valence-corrected chi connectivity index (χ2v) is 13.2. The van der Waals surface area contributed by atoms with Crippen molar-refractivity contribution in [1.29, 1.82) is 0 Å². The minimum Gasteiger partial charge on any atom is -0.444 e. The molecular weight excluding hydrogens is 550 g/mol. The SMILES string of the molecule is CC(C)(C)OC(=O)Nc1ccc(-c2cccs2)cc1NC(=O)c1ncc(N2CCN(C(=O)OC(C)(C)C)CC2)s1. The van der Waals surface area contributed by atoms with Gasteiger partial charge < -0.3 is 24.6 Å². The number of nitrogens with one attached hydrogen (secondary N) is 2. The molecule has 1 aromatic carbocycles. The second-order valence-electron chi connectivity index (χ2n) is 11.3. The largest absolute Gasteiger partial charge is 0.444 e. The zero-order chi connectivity index (χ0) is 29.1. The third-order valence-corrected chi connectivity index (χ3v) is 7.62. The van der Waals surface area contributed by atoms with Crippen LogP contribution in [0, 0.1) is 0 Å². The molecule has 0 spiro atoms. The zero-order valence-electron chi connectivity index (χ0n) is 23.6. The predicted octanol–water partition coefficient (Wildman–Crippen LogP) is 6.53. The number of thiazole rings is 1. The number of benzene rings is 1. The quantitative estimate of drug-likeness (QED) is 0.350. The van der Waals surface area contributed by atoms with Crippen LogP contribution in [0.2, 0.25) is 0 Å². The average Bonchev–Trinajstić information content (AvgIpc) is 3.56. The lowest BCUT2D eigenvalue weighted by atomic mass is 10.1. The maximum Gasteiger partial charge on any atom is 0.412 e. The van der Waals surface area contributed by atoms with Gasteiger partial charge in [-0.05, 0) is 70.7 Å². The van der Waals surface area contributed by atoms with Gasteiger partial charge >= 0.3 is 12.2 Å². The summed E-state index contributed by atoms with van der Waals surface area (Å²) in [6.45, 7) is 13.1. The standard InChI is InChI=1S/C28H35N5O5S2/c1-27(2,3)37-25(35)31-19-10-9-18(21-8-7-15-39-21)16-20(19)30-23(34)24-29-17-22(40-24)32-11-13-33(14-12-32)26(36)38-28(4,5)6/h7-10,15-17H,11-14H2,1-6H3,(H,30,34)(H,31,35). The first kappa shape index (κ1) is 29.3. The molecule has 12 heteroatoms. The van der Waals surface area contributed by atoms with Gasteiger partial charge in [0.1, 0.15) is 16.2 Å². The van der Waals surface area contributed by atoms with Crippen LogP contribution in [0.4, 0.5) is 26.0 Å². The minimum absolute atomic E-state index is 0.286. The van der Waals surface area contributed by atoms with Crippen LogP contribution in [0.1, 0.15) is 51.3 Å². The van der Waals surface area contributed by atoms with Crippen LogP contribution in [0.5, 0.6) is 0 Å². The van der Waals surface area contributed by atoms with E-state index in [0.717, 1.165) is 15.4 Å². The van der Waals surface area contributed by atoms with E-state index in [2.05, 4.69) is 20.5 Å². The molecule has 1 aliphatic rings. The predicted molar refractivity (Wildman–Crippen MR) is 160 cm³/mol. The van der Waals surface area contributed by atoms with Crippen molar-refractivity contribution in [2.24, 2.45) is 0 Å². The number of rotatable bonds is 5. The summed E-state index contributed by atoms with van der Waals surface area (Å²) in [5.74, 6) is -0.390. The van der Waals surface area contributed by atoms with E-state index in [1.807, 2.05) is 50.4 Å². The molecule has 2 N–H and O–H groups in total. The number of amides is 3. The number of thiophene rings is 1. The van der Waals surface area contributed by atoms with Gasteiger partial charge in [-0.1, -0.05) is 23.5 Å². The number of carbonyl (C=O) groups is 3. The van der Waals surface area contributed by atoms with Gasteiger partial charge in [-0.3, -0.25) is 10.1 Å². The number of carbonyl (C=O) groups excluding carboxylic acids is 3. The van der Waals surface area contributed by atoms with Gasteiger partial charge in [-0.2, -0.15) is 0 Å². The summed E-state index contributed by atoms with van der Waals surface area (Å²) in [5, 5.41) is 8.76. The number of anilines is 3. The fourth-order valence-corrected chi connectivity index (χ4v) is 5.48. The Kier molecular flexibility index (Phi) is 8.69. The monoisotopic (exact) mass is 585 g/mol. The van der Waals surface area contributed by atoms with E-state index >= 15 is 0 Å². The van der Waals surface area contributed by atoms with Gasteiger partial charge in [-0.15, -0.1) is 11.3 Å². The molecular formula is C28H35N5O5S2. The van der Waals surface area contributed by atoms with E-state index < -0.39 is 17.3 Å². The highest BCUT2D eigenvalue weighted by Crippen LogP contribution is 2.33. The van der Waals surface area contributed by atoms with Crippen LogP contribution >= 0.6 is 22.7 Å². The normalized spacial score (nSPS) is 14.1. The summed E-state index contributed by atoms with van der Waals surface area (Å²) >= 11 is 2.85. The molecule has 10 nitrogen and oxygen atoms in total. The van der Waals surface area contributed by atoms with Crippen molar-refractivity contribution in [3.63, 3.8) is 0 Å². The Labute approximate surface area is 242 Å². The smallest absolute Gasteiger partial charge is 0.412 e. The first-order valence-electron chi connectivity index (χ1n) is 13.0. The summed E-state index contributed by atoms with van der Waals surface area (Å²) in [5.41, 5.74) is 0.546. The van der Waals surface area contributed by atoms with Crippen molar-refractivity contribution in [2.45, 2.75) is 52.7 Å². The highest BCUT2D eigenvalue weighted by Gasteiger charge is 2.27. The maximum atomic E-state index is 13.3. The van der Waals surface area contributed by atoms with Crippen molar-refractivity contribution in [2.75, 3.05) is 41.7 Å². The van der Waals surface area contributed by atoms with E-state index in [-0.39, 0.29) is 17.0 Å². The van der Waals surface area contributed by atoms with Crippen LogP contribution in [0.25, 0.3) is 10.4 Å². The number of ether oxygens (including phenoxy) is 2. The van der Waals surface area contributed by atoms with Crippen molar-refractivity contribution >= 4 is 57.1 Å². The van der Waals surface area contributed by atoms with E-state index in [9.17, 15) is 14.4 Å². The van der Waals surface area contributed by atoms with Gasteiger partial charge in [0, 0.05) is 31.1 Å². The number of hydrogen-bond acceptors (Lipinski definition) is 9. The summed E-state index contributed by atoms with van der Waals surface area (Å²) in [6, 6.07) is 9.39. The Bertz CT molecular complexity index is 1350. The van der Waals surface area contributed by atoms with E-state index in [1.54, 1.807) is 49.3 Å². The van der Waals surface area contributed by atoms with Crippen LogP contribution in [0.3, 0.4) is 0 Å². The van der Waals surface area contributed by atoms with E-state index in [0.29, 0.717) is 37.6 Å². The Morgan fingerprint density at radius 1 is 0.900 bits per heavy atom. The van der Waals surface area contributed by atoms with Gasteiger partial charge in [0.2, 0.25) is 0 Å². The van der Waals surface area contributed by atoms with Gasteiger partial charge in [0.05, 0.1) is 17.6 Å². The average molecular weight is 586 g/mol. The van der Waals surface area contributed by atoms with Crippen LogP contribution < -0.4 is 15.5 Å². The summed E-state index contributed by atoms with van der Waals surface area (Å²) in [4.78, 5) is 47.3. The molecule has 3 aromatic rings. The molecule has 0 saturated carbocycles.